The molecule has 16 heavy (non-hydrogen) atoms. The molecular formula is C13H20N2O. The van der Waals surface area contributed by atoms with E-state index in [0.29, 0.717) is 18.9 Å². The van der Waals surface area contributed by atoms with E-state index < -0.39 is 0 Å². The van der Waals surface area contributed by atoms with Crippen LogP contribution in [0.3, 0.4) is 0 Å². The quantitative estimate of drug-likeness (QED) is 0.763. The van der Waals surface area contributed by atoms with Crippen molar-refractivity contribution in [2.45, 2.75) is 33.2 Å². The zero-order valence-corrected chi connectivity index (χ0v) is 10.3. The summed E-state index contributed by atoms with van der Waals surface area (Å²) < 4.78 is 0. The Labute approximate surface area is 97.5 Å². The summed E-state index contributed by atoms with van der Waals surface area (Å²) in [4.78, 5) is 17.7. The van der Waals surface area contributed by atoms with Gasteiger partial charge in [-0.2, -0.15) is 0 Å². The number of carbonyl (C=O) groups excluding carboxylic acids is 1. The molecule has 1 rings (SSSR count). The van der Waals surface area contributed by atoms with Crippen molar-refractivity contribution >= 4 is 5.91 Å². The van der Waals surface area contributed by atoms with Gasteiger partial charge in [-0.25, -0.2) is 0 Å². The van der Waals surface area contributed by atoms with Crippen molar-refractivity contribution in [3.8, 4) is 0 Å². The van der Waals surface area contributed by atoms with Gasteiger partial charge in [0, 0.05) is 19.7 Å². The van der Waals surface area contributed by atoms with Gasteiger partial charge in [0.15, 0.2) is 0 Å². The number of pyridine rings is 1. The van der Waals surface area contributed by atoms with Crippen LogP contribution in [0, 0.1) is 5.92 Å². The molecule has 0 spiro atoms. The number of rotatable bonds is 5. The second kappa shape index (κ2) is 6.26. The highest BCUT2D eigenvalue weighted by Gasteiger charge is 2.10. The molecule has 1 aromatic heterocycles. The lowest BCUT2D eigenvalue weighted by molar-refractivity contribution is -0.130. The van der Waals surface area contributed by atoms with Crippen molar-refractivity contribution in [3.05, 3.63) is 30.1 Å². The van der Waals surface area contributed by atoms with Crippen LogP contribution in [-0.2, 0) is 11.3 Å². The van der Waals surface area contributed by atoms with Crippen molar-refractivity contribution in [2.75, 3.05) is 7.05 Å². The SMILES string of the molecule is CC(C)CCC(=O)N(C)Cc1ccccn1. The van der Waals surface area contributed by atoms with Gasteiger partial charge in [0.05, 0.1) is 12.2 Å². The Bertz CT molecular complexity index is 322. The van der Waals surface area contributed by atoms with E-state index in [-0.39, 0.29) is 5.91 Å². The molecule has 0 radical (unpaired) electrons. The Morgan fingerprint density at radius 1 is 1.44 bits per heavy atom. The summed E-state index contributed by atoms with van der Waals surface area (Å²) >= 11 is 0. The molecule has 0 N–H and O–H groups in total. The summed E-state index contributed by atoms with van der Waals surface area (Å²) in [7, 11) is 1.83. The summed E-state index contributed by atoms with van der Waals surface area (Å²) in [6.45, 7) is 4.86. The van der Waals surface area contributed by atoms with E-state index in [9.17, 15) is 4.79 Å². The van der Waals surface area contributed by atoms with Crippen molar-refractivity contribution in [1.29, 1.82) is 0 Å². The molecule has 0 aliphatic heterocycles. The highest BCUT2D eigenvalue weighted by molar-refractivity contribution is 5.75. The van der Waals surface area contributed by atoms with E-state index in [0.717, 1.165) is 12.1 Å². The van der Waals surface area contributed by atoms with Crippen LogP contribution in [0.25, 0.3) is 0 Å². The van der Waals surface area contributed by atoms with Crippen LogP contribution in [0.2, 0.25) is 0 Å². The predicted octanol–water partition coefficient (Wildman–Crippen LogP) is 2.48. The lowest BCUT2D eigenvalue weighted by Crippen LogP contribution is -2.26. The first kappa shape index (κ1) is 12.7. The van der Waals surface area contributed by atoms with Gasteiger partial charge in [-0.3, -0.25) is 9.78 Å². The Kier molecular flexibility index (Phi) is 4.96. The second-order valence-electron chi connectivity index (χ2n) is 4.50. The van der Waals surface area contributed by atoms with Crippen LogP contribution >= 0.6 is 0 Å². The van der Waals surface area contributed by atoms with Gasteiger partial charge in [0.1, 0.15) is 0 Å². The maximum atomic E-state index is 11.7. The van der Waals surface area contributed by atoms with Crippen LogP contribution in [0.1, 0.15) is 32.4 Å². The summed E-state index contributed by atoms with van der Waals surface area (Å²) in [5.74, 6) is 0.770. The third-order valence-corrected chi connectivity index (χ3v) is 2.49. The van der Waals surface area contributed by atoms with E-state index >= 15 is 0 Å². The standard InChI is InChI=1S/C13H20N2O/c1-11(2)7-8-13(16)15(3)10-12-6-4-5-9-14-12/h4-6,9,11H,7-8,10H2,1-3H3. The normalized spacial score (nSPS) is 10.5. The average molecular weight is 220 g/mol. The number of hydrogen-bond donors (Lipinski definition) is 0. The predicted molar refractivity (Wildman–Crippen MR) is 64.8 cm³/mol. The second-order valence-corrected chi connectivity index (χ2v) is 4.50. The van der Waals surface area contributed by atoms with E-state index in [1.807, 2.05) is 25.2 Å². The lowest BCUT2D eigenvalue weighted by Gasteiger charge is -2.17. The molecule has 0 saturated heterocycles. The molecule has 0 fully saturated rings. The minimum atomic E-state index is 0.194. The molecule has 1 amide bonds. The first-order valence-electron chi connectivity index (χ1n) is 5.73. The molecule has 88 valence electrons. The Balaban J connectivity index is 2.40. The average Bonchev–Trinajstić information content (AvgIpc) is 2.27. The van der Waals surface area contributed by atoms with E-state index in [1.54, 1.807) is 11.1 Å². The van der Waals surface area contributed by atoms with Gasteiger partial charge in [0.25, 0.3) is 0 Å². The Hall–Kier alpha value is -1.38. The van der Waals surface area contributed by atoms with Crippen molar-refractivity contribution < 1.29 is 4.79 Å². The summed E-state index contributed by atoms with van der Waals surface area (Å²) in [6, 6.07) is 5.76. The minimum Gasteiger partial charge on any atom is -0.340 e. The van der Waals surface area contributed by atoms with Gasteiger partial charge < -0.3 is 4.90 Å². The number of aromatic nitrogens is 1. The molecule has 0 aromatic carbocycles. The third-order valence-electron chi connectivity index (χ3n) is 2.49. The summed E-state index contributed by atoms with van der Waals surface area (Å²) in [5.41, 5.74) is 0.933. The molecule has 0 atom stereocenters. The zero-order valence-electron chi connectivity index (χ0n) is 10.3. The van der Waals surface area contributed by atoms with Crippen LogP contribution in [0.15, 0.2) is 24.4 Å². The molecule has 0 bridgehead atoms. The van der Waals surface area contributed by atoms with Crippen LogP contribution in [0.4, 0.5) is 0 Å². The summed E-state index contributed by atoms with van der Waals surface area (Å²) in [5, 5.41) is 0. The third kappa shape index (κ3) is 4.43. The van der Waals surface area contributed by atoms with Crippen LogP contribution < -0.4 is 0 Å². The molecule has 1 aromatic rings. The van der Waals surface area contributed by atoms with Gasteiger partial charge in [-0.1, -0.05) is 19.9 Å². The highest BCUT2D eigenvalue weighted by Crippen LogP contribution is 2.07. The van der Waals surface area contributed by atoms with Gasteiger partial charge in [-0.15, -0.1) is 0 Å². The highest BCUT2D eigenvalue weighted by atomic mass is 16.2. The van der Waals surface area contributed by atoms with Gasteiger partial charge >= 0.3 is 0 Å². The fraction of sp³-hybridized carbons (Fsp3) is 0.538. The van der Waals surface area contributed by atoms with Crippen molar-refractivity contribution in [3.63, 3.8) is 0 Å². The van der Waals surface area contributed by atoms with E-state index in [4.69, 9.17) is 0 Å². The fourth-order valence-electron chi connectivity index (χ4n) is 1.43. The Morgan fingerprint density at radius 3 is 2.75 bits per heavy atom. The maximum Gasteiger partial charge on any atom is 0.222 e. The first-order valence-corrected chi connectivity index (χ1v) is 5.73. The lowest BCUT2D eigenvalue weighted by atomic mass is 10.1. The summed E-state index contributed by atoms with van der Waals surface area (Å²) in [6.07, 6.45) is 3.33. The molecule has 0 aliphatic rings. The molecule has 3 nitrogen and oxygen atoms in total. The molecular weight excluding hydrogens is 200 g/mol. The van der Waals surface area contributed by atoms with E-state index in [2.05, 4.69) is 18.8 Å². The number of carbonyl (C=O) groups is 1. The molecule has 0 unspecified atom stereocenters. The topological polar surface area (TPSA) is 33.2 Å². The fourth-order valence-corrected chi connectivity index (χ4v) is 1.43. The van der Waals surface area contributed by atoms with Gasteiger partial charge in [0.2, 0.25) is 5.91 Å². The van der Waals surface area contributed by atoms with Crippen molar-refractivity contribution in [1.82, 2.24) is 9.88 Å². The molecule has 1 heterocycles. The Morgan fingerprint density at radius 2 is 2.19 bits per heavy atom. The smallest absolute Gasteiger partial charge is 0.222 e. The number of amides is 1. The maximum absolute atomic E-state index is 11.7. The minimum absolute atomic E-state index is 0.194. The molecule has 3 heteroatoms. The van der Waals surface area contributed by atoms with E-state index in [1.165, 1.54) is 0 Å². The molecule has 0 aliphatic carbocycles. The molecule has 0 saturated carbocycles. The number of hydrogen-bond acceptors (Lipinski definition) is 2. The largest absolute Gasteiger partial charge is 0.340 e. The van der Waals surface area contributed by atoms with Crippen molar-refractivity contribution in [2.24, 2.45) is 5.92 Å². The zero-order chi connectivity index (χ0) is 12.0. The monoisotopic (exact) mass is 220 g/mol. The van der Waals surface area contributed by atoms with Crippen LogP contribution in [-0.4, -0.2) is 22.8 Å². The van der Waals surface area contributed by atoms with Gasteiger partial charge in [-0.05, 0) is 24.5 Å². The van der Waals surface area contributed by atoms with Crippen LogP contribution in [0.5, 0.6) is 0 Å². The first-order chi connectivity index (χ1) is 7.59. The number of nitrogens with zero attached hydrogens (tertiary/aromatic N) is 2.